The highest BCUT2D eigenvalue weighted by atomic mass is 16.3. The molecule has 0 saturated carbocycles. The van der Waals surface area contributed by atoms with Gasteiger partial charge in [-0.25, -0.2) is 4.98 Å². The van der Waals surface area contributed by atoms with Gasteiger partial charge in [0.05, 0.1) is 11.6 Å². The average molecular weight is 218 g/mol. The molecule has 2 N–H and O–H groups in total. The van der Waals surface area contributed by atoms with Crippen molar-refractivity contribution in [1.29, 1.82) is 0 Å². The molecule has 0 aliphatic carbocycles. The number of fused-ring (bicyclic) bond motifs is 1. The van der Waals surface area contributed by atoms with Crippen molar-refractivity contribution in [2.45, 2.75) is 18.9 Å². The molecule has 5 nitrogen and oxygen atoms in total. The number of nitrogens with zero attached hydrogens (tertiary/aromatic N) is 3. The lowest BCUT2D eigenvalue weighted by atomic mass is 10.1. The molecule has 1 fully saturated rings. The quantitative estimate of drug-likeness (QED) is 0.747. The van der Waals surface area contributed by atoms with Crippen molar-refractivity contribution in [3.05, 3.63) is 18.3 Å². The van der Waals surface area contributed by atoms with Gasteiger partial charge < -0.3 is 15.0 Å². The Kier molecular flexibility index (Phi) is 2.25. The molecule has 1 saturated heterocycles. The van der Waals surface area contributed by atoms with Gasteiger partial charge in [0.15, 0.2) is 5.65 Å². The van der Waals surface area contributed by atoms with Gasteiger partial charge in [-0.2, -0.15) is 4.98 Å². The lowest BCUT2D eigenvalue weighted by Crippen LogP contribution is -2.38. The summed E-state index contributed by atoms with van der Waals surface area (Å²) in [6.45, 7) is 1.59. The van der Waals surface area contributed by atoms with Crippen LogP contribution in [0.5, 0.6) is 0 Å². The number of H-pyrrole nitrogens is 1. The average Bonchev–Trinajstić information content (AvgIpc) is 2.72. The molecule has 1 unspecified atom stereocenters. The summed E-state index contributed by atoms with van der Waals surface area (Å²) in [7, 11) is 0. The summed E-state index contributed by atoms with van der Waals surface area (Å²) in [6.07, 6.45) is 3.38. The smallest absolute Gasteiger partial charge is 0.205 e. The maximum atomic E-state index is 9.62. The number of nitrogens with one attached hydrogen (secondary N) is 1. The standard InChI is InChI=1S/C11H14N4O/c16-8-3-2-6-15(7-8)11-13-9-4-1-5-12-10(9)14-11/h1,4-5,8,16H,2-3,6-7H2,(H,12,13,14). The number of hydrogen-bond acceptors (Lipinski definition) is 4. The van der Waals surface area contributed by atoms with Crippen LogP contribution >= 0.6 is 0 Å². The Morgan fingerprint density at radius 1 is 1.50 bits per heavy atom. The first-order chi connectivity index (χ1) is 7.83. The number of hydrogen-bond donors (Lipinski definition) is 2. The van der Waals surface area contributed by atoms with E-state index >= 15 is 0 Å². The topological polar surface area (TPSA) is 65.0 Å². The van der Waals surface area contributed by atoms with Crippen LogP contribution in [0.25, 0.3) is 11.2 Å². The Hall–Kier alpha value is -1.62. The van der Waals surface area contributed by atoms with Gasteiger partial charge >= 0.3 is 0 Å². The first-order valence-corrected chi connectivity index (χ1v) is 5.57. The fourth-order valence-corrected chi connectivity index (χ4v) is 2.13. The predicted octanol–water partition coefficient (Wildman–Crippen LogP) is 0.919. The Morgan fingerprint density at radius 3 is 3.25 bits per heavy atom. The van der Waals surface area contributed by atoms with E-state index in [1.54, 1.807) is 6.20 Å². The second-order valence-corrected chi connectivity index (χ2v) is 4.18. The van der Waals surface area contributed by atoms with Crippen molar-refractivity contribution in [3.8, 4) is 0 Å². The van der Waals surface area contributed by atoms with Gasteiger partial charge in [0, 0.05) is 19.3 Å². The number of aliphatic hydroxyl groups is 1. The fourth-order valence-electron chi connectivity index (χ4n) is 2.13. The lowest BCUT2D eigenvalue weighted by molar-refractivity contribution is 0.153. The molecule has 0 aromatic carbocycles. The molecule has 3 rings (SSSR count). The van der Waals surface area contributed by atoms with Crippen LogP contribution in [0.2, 0.25) is 0 Å². The number of β-amino-alcohol motifs (C(OH)–C–C–N with tert-alkyl or cyclic N) is 1. The van der Waals surface area contributed by atoms with Crippen LogP contribution in [-0.2, 0) is 0 Å². The van der Waals surface area contributed by atoms with Gasteiger partial charge in [0.25, 0.3) is 0 Å². The molecule has 0 spiro atoms. The third kappa shape index (κ3) is 1.63. The third-order valence-electron chi connectivity index (χ3n) is 2.94. The van der Waals surface area contributed by atoms with Crippen LogP contribution in [-0.4, -0.2) is 39.3 Å². The molecular formula is C11H14N4O. The zero-order chi connectivity index (χ0) is 11.0. The SMILES string of the molecule is OC1CCCN(c2nc3ncccc3[nH]2)C1. The summed E-state index contributed by atoms with van der Waals surface area (Å²) in [5.41, 5.74) is 1.68. The van der Waals surface area contributed by atoms with Crippen LogP contribution in [0.4, 0.5) is 5.95 Å². The normalized spacial score (nSPS) is 21.6. The Morgan fingerprint density at radius 2 is 2.44 bits per heavy atom. The summed E-state index contributed by atoms with van der Waals surface area (Å²) in [5, 5.41) is 9.62. The summed E-state index contributed by atoms with van der Waals surface area (Å²) in [4.78, 5) is 13.9. The monoisotopic (exact) mass is 218 g/mol. The van der Waals surface area contributed by atoms with Gasteiger partial charge in [-0.3, -0.25) is 0 Å². The second kappa shape index (κ2) is 3.75. The van der Waals surface area contributed by atoms with Crippen LogP contribution in [0, 0.1) is 0 Å². The number of imidazole rings is 1. The minimum absolute atomic E-state index is 0.241. The van der Waals surface area contributed by atoms with E-state index < -0.39 is 0 Å². The van der Waals surface area contributed by atoms with E-state index in [1.807, 2.05) is 12.1 Å². The largest absolute Gasteiger partial charge is 0.391 e. The van der Waals surface area contributed by atoms with E-state index in [4.69, 9.17) is 0 Å². The van der Waals surface area contributed by atoms with Crippen LogP contribution in [0.3, 0.4) is 0 Å². The van der Waals surface area contributed by atoms with Crippen molar-refractivity contribution >= 4 is 17.1 Å². The predicted molar refractivity (Wildman–Crippen MR) is 61.3 cm³/mol. The molecule has 1 atom stereocenters. The van der Waals surface area contributed by atoms with Crippen molar-refractivity contribution < 1.29 is 5.11 Å². The van der Waals surface area contributed by atoms with E-state index in [1.165, 1.54) is 0 Å². The summed E-state index contributed by atoms with van der Waals surface area (Å²) < 4.78 is 0. The number of aromatic nitrogens is 3. The fraction of sp³-hybridized carbons (Fsp3) is 0.455. The number of aliphatic hydroxyl groups excluding tert-OH is 1. The van der Waals surface area contributed by atoms with Crippen LogP contribution in [0.15, 0.2) is 18.3 Å². The molecule has 0 radical (unpaired) electrons. The van der Waals surface area contributed by atoms with E-state index in [0.717, 1.165) is 36.5 Å². The van der Waals surface area contributed by atoms with Crippen LogP contribution in [0.1, 0.15) is 12.8 Å². The van der Waals surface area contributed by atoms with E-state index in [9.17, 15) is 5.11 Å². The molecule has 0 amide bonds. The minimum atomic E-state index is -0.241. The number of piperidine rings is 1. The molecule has 84 valence electrons. The zero-order valence-corrected chi connectivity index (χ0v) is 8.93. The first kappa shape index (κ1) is 9.59. The molecule has 16 heavy (non-hydrogen) atoms. The Bertz CT molecular complexity index is 462. The highest BCUT2D eigenvalue weighted by molar-refractivity contribution is 5.73. The second-order valence-electron chi connectivity index (χ2n) is 4.18. The zero-order valence-electron chi connectivity index (χ0n) is 8.93. The molecule has 0 bridgehead atoms. The number of pyridine rings is 1. The highest BCUT2D eigenvalue weighted by Gasteiger charge is 2.20. The van der Waals surface area contributed by atoms with E-state index in [2.05, 4.69) is 19.9 Å². The van der Waals surface area contributed by atoms with Crippen molar-refractivity contribution in [3.63, 3.8) is 0 Å². The highest BCUT2D eigenvalue weighted by Crippen LogP contribution is 2.19. The summed E-state index contributed by atoms with van der Waals surface area (Å²) in [5.74, 6) is 0.812. The Balaban J connectivity index is 1.93. The van der Waals surface area contributed by atoms with E-state index in [-0.39, 0.29) is 6.10 Å². The van der Waals surface area contributed by atoms with Gasteiger partial charge in [-0.15, -0.1) is 0 Å². The molecule has 1 aliphatic rings. The maximum Gasteiger partial charge on any atom is 0.205 e. The molecule has 2 aromatic heterocycles. The molecule has 2 aromatic rings. The van der Waals surface area contributed by atoms with E-state index in [0.29, 0.717) is 6.54 Å². The summed E-state index contributed by atoms with van der Waals surface area (Å²) in [6, 6.07) is 3.84. The maximum absolute atomic E-state index is 9.62. The third-order valence-corrected chi connectivity index (χ3v) is 2.94. The molecule has 1 aliphatic heterocycles. The van der Waals surface area contributed by atoms with Crippen LogP contribution < -0.4 is 4.90 Å². The minimum Gasteiger partial charge on any atom is -0.391 e. The van der Waals surface area contributed by atoms with Crippen molar-refractivity contribution in [2.75, 3.05) is 18.0 Å². The molecular weight excluding hydrogens is 204 g/mol. The lowest BCUT2D eigenvalue weighted by Gasteiger charge is -2.29. The Labute approximate surface area is 93.1 Å². The van der Waals surface area contributed by atoms with Crippen molar-refractivity contribution in [2.24, 2.45) is 0 Å². The number of rotatable bonds is 1. The van der Waals surface area contributed by atoms with Gasteiger partial charge in [-0.1, -0.05) is 0 Å². The summed E-state index contributed by atoms with van der Waals surface area (Å²) >= 11 is 0. The van der Waals surface area contributed by atoms with Gasteiger partial charge in [0.1, 0.15) is 0 Å². The van der Waals surface area contributed by atoms with Crippen molar-refractivity contribution in [1.82, 2.24) is 15.0 Å². The van der Waals surface area contributed by atoms with Gasteiger partial charge in [-0.05, 0) is 25.0 Å². The van der Waals surface area contributed by atoms with Gasteiger partial charge in [0.2, 0.25) is 5.95 Å². The number of anilines is 1. The molecule has 5 heteroatoms. The first-order valence-electron chi connectivity index (χ1n) is 5.57. The number of aromatic amines is 1. The molecule has 3 heterocycles.